The summed E-state index contributed by atoms with van der Waals surface area (Å²) >= 11 is -40.5. The van der Waals surface area contributed by atoms with Gasteiger partial charge in [-0.2, -0.15) is 67.3 Å². The van der Waals surface area contributed by atoms with Crippen molar-refractivity contribution in [2.45, 2.75) is 54.8 Å². The van der Waals surface area contributed by atoms with Crippen molar-refractivity contribution in [2.75, 3.05) is 19.8 Å². The summed E-state index contributed by atoms with van der Waals surface area (Å²) in [5, 5.41) is 0. The van der Waals surface area contributed by atoms with E-state index < -0.39 is 279 Å². The van der Waals surface area contributed by atoms with Crippen molar-refractivity contribution in [3.05, 3.63) is 0 Å². The van der Waals surface area contributed by atoms with Crippen LogP contribution in [0.5, 0.6) is 0 Å². The Hall–Kier alpha value is 2.46. The maximum absolute atomic E-state index is 13.2. The smallest absolute Gasteiger partial charge is 0.468 e. The van der Waals surface area contributed by atoms with Crippen LogP contribution in [0.25, 0.3) is 0 Å². The first-order valence-corrected chi connectivity index (χ1v) is 40.9. The van der Waals surface area contributed by atoms with Gasteiger partial charge in [-0.3, -0.25) is 0 Å². The van der Waals surface area contributed by atoms with Crippen LogP contribution in [0.1, 0.15) is 0 Å². The normalized spacial score (nSPS) is 24.7. The minimum Gasteiger partial charge on any atom is -0.468 e. The Morgan fingerprint density at radius 3 is 0.962 bits per heavy atom. The topological polar surface area (TPSA) is 772 Å². The highest BCUT2D eigenvalue weighted by molar-refractivity contribution is 7.84. The van der Waals surface area contributed by atoms with E-state index in [0.717, 1.165) is 0 Å². The minimum atomic E-state index is -6.58. The van der Waals surface area contributed by atoms with Crippen LogP contribution < -0.4 is 0 Å². The van der Waals surface area contributed by atoms with Crippen molar-refractivity contribution in [3.63, 3.8) is 0 Å². The van der Waals surface area contributed by atoms with Crippen LogP contribution in [0.15, 0.2) is 0 Å². The molecule has 0 saturated carbocycles. The highest BCUT2D eigenvalue weighted by atomic mass is 32.3. The van der Waals surface area contributed by atoms with Crippen LogP contribution in [0.4, 0.5) is 0 Å². The summed E-state index contributed by atoms with van der Waals surface area (Å²) in [6.45, 7) is -7.25. The molecule has 2 heterocycles. The second kappa shape index (κ2) is 31.8. The fraction of sp³-hybridized carbons (Fsp3) is 1.00. The average Bonchev–Trinajstić information content (AvgIpc) is 3.43. The molecule has 51 nitrogen and oxygen atoms in total. The van der Waals surface area contributed by atoms with E-state index in [1.807, 2.05) is 0 Å². The van der Waals surface area contributed by atoms with Gasteiger partial charge in [0.05, 0.1) is 13.2 Å². The molecule has 67 heteroatoms. The molecule has 0 bridgehead atoms. The van der Waals surface area contributed by atoms with Crippen molar-refractivity contribution in [1.82, 2.24) is 0 Å². The van der Waals surface area contributed by atoms with Crippen molar-refractivity contribution in [3.8, 4) is 0 Å². The summed E-state index contributed by atoms with van der Waals surface area (Å²) in [5.41, 5.74) is 0. The Morgan fingerprint density at radius 1 is 0.329 bits per heavy atom. The first-order chi connectivity index (χ1) is 35.5. The lowest BCUT2D eigenvalue weighted by Gasteiger charge is -2.46. The van der Waals surface area contributed by atoms with Gasteiger partial charge in [-0.05, 0) is 0 Å². The zero-order valence-electron chi connectivity index (χ0n) is 36.6. The Balaban J connectivity index is 3.46. The van der Waals surface area contributed by atoms with E-state index in [-0.39, 0.29) is 0 Å². The zero-order valence-corrected chi connectivity index (χ0v) is 52.3. The summed E-state index contributed by atoms with van der Waals surface area (Å²) in [7, 11) is -50.7. The predicted octanol–water partition coefficient (Wildman–Crippen LogP) is -19.4. The molecule has 2 aliphatic rings. The summed E-state index contributed by atoms with van der Waals surface area (Å²) in [6, 6.07) is 0. The molecule has 0 aromatic carbocycles. The Morgan fingerprint density at radius 2 is 0.608 bits per heavy atom. The van der Waals surface area contributed by atoms with Gasteiger partial charge in [-0.15, -0.1) is 0 Å². The van der Waals surface area contributed by atoms with Gasteiger partial charge in [0.2, 0.25) is 5.79 Å². The quantitative estimate of drug-likeness (QED) is 0.0257. The van der Waals surface area contributed by atoms with Crippen LogP contribution in [0, 0.1) is 0 Å². The van der Waals surface area contributed by atoms with E-state index in [1.165, 1.54) is 0 Å². The largest absolute Gasteiger partial charge is 0.917 e. The molecule has 456 valence electrons. The standard InChI is InChI=1S/C12H22O35S8.8Al.16H2O/c13-48(14,15)37-1-4-6(43-51(22,23)24)8(45-53(28,29)30)9(46-54(31,32)33)11(40-4)42-12(3-39-50(19,20)21)10(47-55(34,35)36)7(44-52(25,26)27)5(41-12)2-38-49(16,17)18;;;;;;;;;;;;;;;;;;;;;;;;/h4-11H,1-3H2,(H,13,14,15)(H,16,17,18)(H,19,20,21)(H,22,23,24)(H,25,26,27)(H,28,29,30)(H,31,32,33)(H,34,35,36);;;;;;;;;16*1H2/q;8*+3;;;;;;;;;;;;;;;;/p-24/t4-,5-,6-,7-,8+,9-,10+,11-,12+;;;;;;;;;;;;;;;;;;;;;;;;/m1......................../s1. The highest BCUT2D eigenvalue weighted by Gasteiger charge is 2.66. The van der Waals surface area contributed by atoms with E-state index in [0.29, 0.717) is 0 Å². The second-order valence-electron chi connectivity index (χ2n) is 12.9. The molecule has 0 spiro atoms. The predicted molar refractivity (Wildman–Crippen MR) is 221 cm³/mol. The van der Waals surface area contributed by atoms with Gasteiger partial charge in [0, 0.05) is 0 Å². The Labute approximate surface area is 481 Å². The molecular weight excluding hydrogens is 1430 g/mol. The third-order valence-electron chi connectivity index (χ3n) is 7.28. The van der Waals surface area contributed by atoms with Crippen molar-refractivity contribution in [2.24, 2.45) is 0 Å². The zero-order chi connectivity index (χ0) is 61.3. The van der Waals surface area contributed by atoms with Crippen molar-refractivity contribution >= 4 is 204 Å². The summed E-state index contributed by atoms with van der Waals surface area (Å²) < 4.78 is 437. The molecule has 2 saturated heterocycles. The van der Waals surface area contributed by atoms with E-state index in [4.69, 9.17) is 22.5 Å². The van der Waals surface area contributed by atoms with Gasteiger partial charge in [0.1, 0.15) is 37.1 Å². The molecule has 2 fully saturated rings. The lowest BCUT2D eigenvalue weighted by atomic mass is 9.99. The maximum atomic E-state index is 13.2. The second-order valence-corrected chi connectivity index (χ2v) is 32.4. The fourth-order valence-corrected chi connectivity index (χ4v) is 17.0. The van der Waals surface area contributed by atoms with Crippen molar-refractivity contribution in [1.29, 1.82) is 0 Å². The molecular formula is C12H30Al8O51S8. The number of rotatable bonds is 37. The molecule has 16 N–H and O–H groups in total. The molecule has 9 atom stereocenters. The summed E-state index contributed by atoms with van der Waals surface area (Å²) in [6.07, 6.45) is -29.4. The molecule has 2 aliphatic heterocycles. The van der Waals surface area contributed by atoms with Gasteiger partial charge in [-0.25, -0.2) is 33.5 Å². The molecule has 0 aromatic heterocycles. The minimum absolute atomic E-state index is 2.24. The molecule has 0 unspecified atom stereocenters. The fourth-order valence-electron chi connectivity index (χ4n) is 5.25. The molecule has 2 rings (SSSR count). The molecule has 0 radical (unpaired) electrons. The van der Waals surface area contributed by atoms with E-state index in [2.05, 4.69) is 59.3 Å². The van der Waals surface area contributed by atoms with Crippen molar-refractivity contribution < 1.29 is 207 Å². The van der Waals surface area contributed by atoms with Gasteiger partial charge in [0.15, 0.2) is 18.5 Å². The van der Waals surface area contributed by atoms with Crippen LogP contribution >= 0.6 is 0 Å². The number of hydrogen-bond donors (Lipinski definition) is 16. The molecule has 79 heavy (non-hydrogen) atoms. The van der Waals surface area contributed by atoms with Gasteiger partial charge >= 0.3 is 204 Å². The SMILES string of the molecule is O=S(=O)(OC[C@H]1O[C@@](COS(=O)(=O)[O][Al]([OH])[OH])(O[C@H]2O[C@H](COS(=O)(=O)[O][Al]([OH])[OH])[C@@H](OS(=O)(=O)[O][Al]([OH])[OH])[C@H](OS(=O)(=O)[O][Al]([OH])[OH])[C@H]2OS(=O)(=O)[O][Al]([OH])[OH])[C@@H](OS(=O)(=O)[O][Al]([OH])[OH])[C@@H]1OS(=O)(=O)[O][Al]([OH])[OH])[O][Al]([OH])[OH]. The first kappa shape index (κ1) is 77.6. The number of hydrogen-bond acceptors (Lipinski definition) is 51. The van der Waals surface area contributed by atoms with E-state index >= 15 is 0 Å². The van der Waals surface area contributed by atoms with Crippen LogP contribution in [0.3, 0.4) is 0 Å². The highest BCUT2D eigenvalue weighted by Crippen LogP contribution is 2.44. The number of ether oxygens (including phenoxy) is 3. The monoisotopic (exact) mass is 1460 g/mol. The van der Waals surface area contributed by atoms with Gasteiger partial charge in [0.25, 0.3) is 0 Å². The van der Waals surface area contributed by atoms with E-state index in [1.54, 1.807) is 0 Å². The summed E-state index contributed by atoms with van der Waals surface area (Å²) in [5.74, 6) is -4.60. The lowest BCUT2D eigenvalue weighted by Crippen LogP contribution is -2.66. The maximum Gasteiger partial charge on any atom is 0.917 e. The van der Waals surface area contributed by atoms with Gasteiger partial charge < -0.3 is 107 Å². The first-order valence-electron chi connectivity index (χ1n) is 18.2. The summed E-state index contributed by atoms with van der Waals surface area (Å²) in [4.78, 5) is 0. The van der Waals surface area contributed by atoms with Crippen LogP contribution in [-0.4, -0.2) is 330 Å². The lowest BCUT2D eigenvalue weighted by molar-refractivity contribution is -0.374. The van der Waals surface area contributed by atoms with Crippen LogP contribution in [-0.2, 0) is 157 Å². The molecule has 0 amide bonds. The Bertz CT molecular complexity index is 2880. The Kier molecular flexibility index (Phi) is 31.2. The van der Waals surface area contributed by atoms with Gasteiger partial charge in [-0.1, -0.05) is 0 Å². The molecule has 0 aromatic rings. The van der Waals surface area contributed by atoms with E-state index in [9.17, 15) is 126 Å². The van der Waals surface area contributed by atoms with Crippen LogP contribution in [0.2, 0.25) is 0 Å². The molecule has 0 aliphatic carbocycles. The average molecular weight is 1460 g/mol. The third kappa shape index (κ3) is 29.1. The third-order valence-corrected chi connectivity index (χ3v) is 23.9.